The van der Waals surface area contributed by atoms with Gasteiger partial charge in [0.2, 0.25) is 0 Å². The second-order valence-electron chi connectivity index (χ2n) is 4.41. The third-order valence-electron chi connectivity index (χ3n) is 3.30. The minimum absolute atomic E-state index is 0.362. The first-order valence-electron chi connectivity index (χ1n) is 5.27. The Bertz CT molecular complexity index is 421. The Balaban J connectivity index is 2.39. The van der Waals surface area contributed by atoms with Gasteiger partial charge in [0, 0.05) is 31.3 Å². The van der Waals surface area contributed by atoms with Crippen molar-refractivity contribution in [3.8, 4) is 0 Å². The Morgan fingerprint density at radius 3 is 2.62 bits per heavy atom. The molecule has 1 aromatic rings. The standard InChI is InChI=1S/C11H16N2O3/c1-7-8(6-13(2)12-7)11(4-5-11)9(16-3)10(14)15/h6,9H,4-5H2,1-3H3,(H,14,15). The monoisotopic (exact) mass is 224 g/mol. The molecule has 16 heavy (non-hydrogen) atoms. The van der Waals surface area contributed by atoms with Gasteiger partial charge in [-0.3, -0.25) is 4.68 Å². The molecule has 0 aliphatic heterocycles. The zero-order chi connectivity index (χ0) is 11.9. The van der Waals surface area contributed by atoms with Gasteiger partial charge in [-0.25, -0.2) is 4.79 Å². The molecule has 0 aromatic carbocycles. The van der Waals surface area contributed by atoms with Crippen LogP contribution < -0.4 is 0 Å². The topological polar surface area (TPSA) is 64.3 Å². The lowest BCUT2D eigenvalue weighted by Crippen LogP contribution is -2.36. The van der Waals surface area contributed by atoms with E-state index in [1.54, 1.807) is 4.68 Å². The summed E-state index contributed by atoms with van der Waals surface area (Å²) in [6.45, 7) is 1.91. The molecule has 1 heterocycles. The zero-order valence-electron chi connectivity index (χ0n) is 9.73. The first-order valence-corrected chi connectivity index (χ1v) is 5.27. The summed E-state index contributed by atoms with van der Waals surface area (Å²) in [7, 11) is 3.29. The summed E-state index contributed by atoms with van der Waals surface area (Å²) >= 11 is 0. The number of hydrogen-bond acceptors (Lipinski definition) is 3. The number of carboxylic acid groups (broad SMARTS) is 1. The van der Waals surface area contributed by atoms with E-state index in [1.165, 1.54) is 7.11 Å². The van der Waals surface area contributed by atoms with Crippen molar-refractivity contribution in [2.45, 2.75) is 31.3 Å². The molecule has 1 aliphatic carbocycles. The van der Waals surface area contributed by atoms with Crippen molar-refractivity contribution in [3.63, 3.8) is 0 Å². The fourth-order valence-corrected chi connectivity index (χ4v) is 2.46. The molecule has 1 atom stereocenters. The zero-order valence-corrected chi connectivity index (χ0v) is 9.73. The molecule has 2 rings (SSSR count). The van der Waals surface area contributed by atoms with Gasteiger partial charge in [-0.15, -0.1) is 0 Å². The third kappa shape index (κ3) is 1.51. The first-order chi connectivity index (χ1) is 7.51. The number of hydrogen-bond donors (Lipinski definition) is 1. The van der Waals surface area contributed by atoms with E-state index in [9.17, 15) is 4.79 Å². The SMILES string of the molecule is COC(C(=O)O)C1(c2cn(C)nc2C)CC1. The smallest absolute Gasteiger partial charge is 0.333 e. The molecule has 88 valence electrons. The van der Waals surface area contributed by atoms with Crippen LogP contribution in [0.2, 0.25) is 0 Å². The van der Waals surface area contributed by atoms with Crippen LogP contribution in [0.3, 0.4) is 0 Å². The molecule has 5 heteroatoms. The van der Waals surface area contributed by atoms with Gasteiger partial charge in [0.15, 0.2) is 6.10 Å². The molecule has 0 saturated heterocycles. The number of carbonyl (C=O) groups is 1. The number of aliphatic carboxylic acids is 1. The second kappa shape index (κ2) is 3.59. The van der Waals surface area contributed by atoms with Crippen LogP contribution in [0.4, 0.5) is 0 Å². The normalized spacial score (nSPS) is 19.4. The summed E-state index contributed by atoms with van der Waals surface area (Å²) in [5.74, 6) is -0.900. The summed E-state index contributed by atoms with van der Waals surface area (Å²) in [6.07, 6.45) is 2.83. The highest BCUT2D eigenvalue weighted by molar-refractivity contribution is 5.76. The summed E-state index contributed by atoms with van der Waals surface area (Å²) < 4.78 is 6.84. The predicted molar refractivity (Wildman–Crippen MR) is 57.3 cm³/mol. The van der Waals surface area contributed by atoms with Crippen molar-refractivity contribution in [2.24, 2.45) is 7.05 Å². The fourth-order valence-electron chi connectivity index (χ4n) is 2.46. The Kier molecular flexibility index (Phi) is 2.50. The molecule has 0 bridgehead atoms. The molecule has 1 unspecified atom stereocenters. The van der Waals surface area contributed by atoms with Gasteiger partial charge >= 0.3 is 5.97 Å². The van der Waals surface area contributed by atoms with Gasteiger partial charge in [0.25, 0.3) is 0 Å². The van der Waals surface area contributed by atoms with E-state index in [0.717, 1.165) is 24.1 Å². The minimum Gasteiger partial charge on any atom is -0.479 e. The minimum atomic E-state index is -0.900. The molecule has 5 nitrogen and oxygen atoms in total. The van der Waals surface area contributed by atoms with E-state index in [4.69, 9.17) is 9.84 Å². The van der Waals surface area contributed by atoms with E-state index < -0.39 is 12.1 Å². The van der Waals surface area contributed by atoms with Crippen LogP contribution in [-0.4, -0.2) is 34.1 Å². The number of ether oxygens (including phenoxy) is 1. The van der Waals surface area contributed by atoms with Crippen molar-refractivity contribution < 1.29 is 14.6 Å². The van der Waals surface area contributed by atoms with E-state index in [1.807, 2.05) is 20.2 Å². The number of rotatable bonds is 4. The largest absolute Gasteiger partial charge is 0.479 e. The lowest BCUT2D eigenvalue weighted by Gasteiger charge is -2.21. The van der Waals surface area contributed by atoms with Gasteiger partial charge in [0.05, 0.1) is 5.69 Å². The number of nitrogens with zero attached hydrogens (tertiary/aromatic N) is 2. The van der Waals surface area contributed by atoms with Gasteiger partial charge in [-0.2, -0.15) is 5.10 Å². The quantitative estimate of drug-likeness (QED) is 0.823. The van der Waals surface area contributed by atoms with Gasteiger partial charge in [-0.05, 0) is 19.8 Å². The highest BCUT2D eigenvalue weighted by atomic mass is 16.5. The van der Waals surface area contributed by atoms with E-state index >= 15 is 0 Å². The van der Waals surface area contributed by atoms with Crippen LogP contribution in [0.25, 0.3) is 0 Å². The third-order valence-corrected chi connectivity index (χ3v) is 3.30. The van der Waals surface area contributed by atoms with Crippen molar-refractivity contribution in [2.75, 3.05) is 7.11 Å². The van der Waals surface area contributed by atoms with Gasteiger partial charge < -0.3 is 9.84 Å². The molecular weight excluding hydrogens is 208 g/mol. The molecule has 1 aromatic heterocycles. The van der Waals surface area contributed by atoms with E-state index in [-0.39, 0.29) is 5.41 Å². The number of methoxy groups -OCH3 is 1. The molecule has 1 N–H and O–H groups in total. The first kappa shape index (κ1) is 11.1. The summed E-state index contributed by atoms with van der Waals surface area (Å²) in [6, 6.07) is 0. The van der Waals surface area contributed by atoms with Crippen molar-refractivity contribution in [3.05, 3.63) is 17.5 Å². The molecule has 1 fully saturated rings. The van der Waals surface area contributed by atoms with Crippen LogP contribution >= 0.6 is 0 Å². The van der Waals surface area contributed by atoms with Crippen LogP contribution in [0, 0.1) is 6.92 Å². The summed E-state index contributed by atoms with van der Waals surface area (Å²) in [5, 5.41) is 13.4. The average molecular weight is 224 g/mol. The molecule has 0 spiro atoms. The van der Waals surface area contributed by atoms with Crippen molar-refractivity contribution >= 4 is 5.97 Å². The van der Waals surface area contributed by atoms with Crippen molar-refractivity contribution in [1.29, 1.82) is 0 Å². The molecule has 0 amide bonds. The summed E-state index contributed by atoms with van der Waals surface area (Å²) in [4.78, 5) is 11.2. The van der Waals surface area contributed by atoms with E-state index in [0.29, 0.717) is 0 Å². The van der Waals surface area contributed by atoms with Crippen molar-refractivity contribution in [1.82, 2.24) is 9.78 Å². The lowest BCUT2D eigenvalue weighted by molar-refractivity contribution is -0.150. The number of carboxylic acids is 1. The van der Waals surface area contributed by atoms with E-state index in [2.05, 4.69) is 5.10 Å². The average Bonchev–Trinajstić information content (AvgIpc) is 2.89. The maximum Gasteiger partial charge on any atom is 0.333 e. The maximum absolute atomic E-state index is 11.2. The highest BCUT2D eigenvalue weighted by Crippen LogP contribution is 2.52. The molecule has 1 saturated carbocycles. The molecular formula is C11H16N2O3. The fraction of sp³-hybridized carbons (Fsp3) is 0.636. The van der Waals surface area contributed by atoms with Crippen LogP contribution in [-0.2, 0) is 22.0 Å². The molecule has 1 aliphatic rings. The molecule has 0 radical (unpaired) electrons. The predicted octanol–water partition coefficient (Wildman–Crippen LogP) is 0.860. The second-order valence-corrected chi connectivity index (χ2v) is 4.41. The highest BCUT2D eigenvalue weighted by Gasteiger charge is 2.56. The lowest BCUT2D eigenvalue weighted by atomic mass is 9.90. The van der Waals surface area contributed by atoms with Crippen LogP contribution in [0.15, 0.2) is 6.20 Å². The maximum atomic E-state index is 11.2. The van der Waals surface area contributed by atoms with Crippen LogP contribution in [0.5, 0.6) is 0 Å². The Hall–Kier alpha value is -1.36. The Morgan fingerprint density at radius 2 is 2.31 bits per heavy atom. The van der Waals surface area contributed by atoms with Crippen LogP contribution in [0.1, 0.15) is 24.1 Å². The van der Waals surface area contributed by atoms with Gasteiger partial charge in [-0.1, -0.05) is 0 Å². The van der Waals surface area contributed by atoms with Gasteiger partial charge in [0.1, 0.15) is 0 Å². The Morgan fingerprint density at radius 1 is 1.69 bits per heavy atom. The summed E-state index contributed by atoms with van der Waals surface area (Å²) in [5.41, 5.74) is 1.53. The number of aryl methyl sites for hydroxylation is 2. The number of aromatic nitrogens is 2. The Labute approximate surface area is 94.0 Å².